The van der Waals surface area contributed by atoms with Crippen molar-refractivity contribution in [2.75, 3.05) is 19.5 Å². The van der Waals surface area contributed by atoms with Gasteiger partial charge in [0.05, 0.1) is 14.2 Å². The lowest BCUT2D eigenvalue weighted by Crippen LogP contribution is -2.34. The van der Waals surface area contributed by atoms with Gasteiger partial charge in [-0.15, -0.1) is 10.2 Å². The summed E-state index contributed by atoms with van der Waals surface area (Å²) >= 11 is 6.83. The van der Waals surface area contributed by atoms with Gasteiger partial charge < -0.3 is 14.8 Å². The van der Waals surface area contributed by atoms with Crippen molar-refractivity contribution in [3.8, 4) is 22.1 Å². The predicted octanol–water partition coefficient (Wildman–Crippen LogP) is 3.61. The van der Waals surface area contributed by atoms with Crippen LogP contribution in [0.1, 0.15) is 21.7 Å². The molecule has 9 nitrogen and oxygen atoms in total. The van der Waals surface area contributed by atoms with Gasteiger partial charge in [0.1, 0.15) is 22.1 Å². The molecule has 0 radical (unpaired) electrons. The van der Waals surface area contributed by atoms with E-state index in [0.29, 0.717) is 11.5 Å². The van der Waals surface area contributed by atoms with Gasteiger partial charge in [0.25, 0.3) is 5.91 Å². The number of carbonyl (C=O) groups is 1. The monoisotopic (exact) mass is 468 g/mol. The molecule has 2 aromatic carbocycles. The minimum Gasteiger partial charge on any atom is -0.496 e. The van der Waals surface area contributed by atoms with Gasteiger partial charge in [0.2, 0.25) is 4.96 Å². The number of carbonyl (C=O) groups excluding carboxylic acids is 1. The zero-order chi connectivity index (χ0) is 22.8. The first-order valence-corrected chi connectivity index (χ1v) is 10.8. The number of anilines is 1. The largest absolute Gasteiger partial charge is 0.496 e. The van der Waals surface area contributed by atoms with E-state index < -0.39 is 5.91 Å². The summed E-state index contributed by atoms with van der Waals surface area (Å²) in [7, 11) is 2.98. The number of ether oxygens (including phenoxy) is 2. The Kier molecular flexibility index (Phi) is 6.01. The van der Waals surface area contributed by atoms with Crippen LogP contribution < -0.4 is 20.1 Å². The standard InChI is InChI=1S/C21H20N6O3S2/c1-11-8-9-13(19-26-27-12(2)24-25-21(27)32-19)10-14(11)22-20(31)23-18(28)17-15(29-3)6-5-7-16(17)30-4/h5-10H,1-4H3,(H2,22,23,28,31). The number of hydrogen-bond acceptors (Lipinski definition) is 8. The normalized spacial score (nSPS) is 10.8. The highest BCUT2D eigenvalue weighted by Crippen LogP contribution is 2.30. The van der Waals surface area contributed by atoms with Gasteiger partial charge in [-0.05, 0) is 49.8 Å². The minimum atomic E-state index is -0.435. The first kappa shape index (κ1) is 21.7. The first-order valence-electron chi connectivity index (χ1n) is 9.54. The van der Waals surface area contributed by atoms with Crippen molar-refractivity contribution in [2.24, 2.45) is 0 Å². The second-order valence-electron chi connectivity index (χ2n) is 6.82. The van der Waals surface area contributed by atoms with Crippen molar-refractivity contribution in [3.05, 3.63) is 53.3 Å². The maximum Gasteiger partial charge on any atom is 0.264 e. The fourth-order valence-corrected chi connectivity index (χ4v) is 4.20. The van der Waals surface area contributed by atoms with E-state index in [1.54, 1.807) is 22.7 Å². The Hall–Kier alpha value is -3.57. The Labute approximate surface area is 193 Å². The number of nitrogens with zero attached hydrogens (tertiary/aromatic N) is 4. The molecule has 0 saturated carbocycles. The molecule has 0 bridgehead atoms. The fourth-order valence-electron chi connectivity index (χ4n) is 3.12. The minimum absolute atomic E-state index is 0.150. The number of hydrogen-bond donors (Lipinski definition) is 2. The molecule has 164 valence electrons. The molecule has 0 spiro atoms. The van der Waals surface area contributed by atoms with Crippen LogP contribution in [-0.2, 0) is 0 Å². The average molecular weight is 469 g/mol. The van der Waals surface area contributed by atoms with Gasteiger partial charge in [-0.25, -0.2) is 0 Å². The molecular weight excluding hydrogens is 448 g/mol. The number of thiocarbonyl (C=S) groups is 1. The number of nitrogens with one attached hydrogen (secondary N) is 2. The Bertz CT molecular complexity index is 1310. The number of rotatable bonds is 5. The summed E-state index contributed by atoms with van der Waals surface area (Å²) in [4.78, 5) is 13.6. The molecule has 2 heterocycles. The summed E-state index contributed by atoms with van der Waals surface area (Å²) in [5, 5.41) is 19.4. The quantitative estimate of drug-likeness (QED) is 0.428. The van der Waals surface area contributed by atoms with E-state index in [2.05, 4.69) is 25.9 Å². The SMILES string of the molecule is COc1cccc(OC)c1C(=O)NC(=S)Nc1cc(-c2nn3c(C)nnc3s2)ccc1C. The van der Waals surface area contributed by atoms with Crippen molar-refractivity contribution in [1.29, 1.82) is 0 Å². The van der Waals surface area contributed by atoms with Crippen molar-refractivity contribution < 1.29 is 14.3 Å². The summed E-state index contributed by atoms with van der Waals surface area (Å²) in [5.41, 5.74) is 2.87. The van der Waals surface area contributed by atoms with Gasteiger partial charge in [-0.2, -0.15) is 9.61 Å². The third kappa shape index (κ3) is 4.12. The Morgan fingerprint density at radius 3 is 2.47 bits per heavy atom. The molecule has 2 N–H and O–H groups in total. The number of aryl methyl sites for hydroxylation is 2. The zero-order valence-electron chi connectivity index (χ0n) is 17.8. The van der Waals surface area contributed by atoms with Crippen molar-refractivity contribution in [2.45, 2.75) is 13.8 Å². The Morgan fingerprint density at radius 1 is 1.09 bits per heavy atom. The Balaban J connectivity index is 1.55. The van der Waals surface area contributed by atoms with E-state index in [4.69, 9.17) is 21.7 Å². The number of benzene rings is 2. The fraction of sp³-hybridized carbons (Fsp3) is 0.190. The molecule has 1 amide bonds. The van der Waals surface area contributed by atoms with Crippen LogP contribution in [0.25, 0.3) is 15.5 Å². The smallest absolute Gasteiger partial charge is 0.264 e. The molecule has 0 unspecified atom stereocenters. The second kappa shape index (κ2) is 8.89. The highest BCUT2D eigenvalue weighted by molar-refractivity contribution is 7.80. The molecule has 0 saturated heterocycles. The molecule has 11 heteroatoms. The van der Waals surface area contributed by atoms with Crippen molar-refractivity contribution in [1.82, 2.24) is 25.1 Å². The highest BCUT2D eigenvalue weighted by Gasteiger charge is 2.19. The summed E-state index contributed by atoms with van der Waals surface area (Å²) in [5.74, 6) is 1.07. The molecule has 0 aliphatic rings. The van der Waals surface area contributed by atoms with Gasteiger partial charge in [-0.3, -0.25) is 10.1 Å². The Morgan fingerprint density at radius 2 is 1.81 bits per heavy atom. The van der Waals surface area contributed by atoms with Crippen LogP contribution in [0.4, 0.5) is 5.69 Å². The summed E-state index contributed by atoms with van der Waals surface area (Å²) in [6, 6.07) is 11.0. The number of methoxy groups -OCH3 is 2. The van der Waals surface area contributed by atoms with Crippen LogP contribution in [0, 0.1) is 13.8 Å². The molecule has 4 rings (SSSR count). The zero-order valence-corrected chi connectivity index (χ0v) is 19.4. The predicted molar refractivity (Wildman–Crippen MR) is 127 cm³/mol. The van der Waals surface area contributed by atoms with E-state index in [-0.39, 0.29) is 10.7 Å². The number of aromatic nitrogens is 4. The lowest BCUT2D eigenvalue weighted by atomic mass is 10.1. The number of amides is 1. The molecule has 0 atom stereocenters. The lowest BCUT2D eigenvalue weighted by molar-refractivity contribution is 0.0971. The maximum atomic E-state index is 12.9. The van der Waals surface area contributed by atoms with Crippen LogP contribution in [0.5, 0.6) is 11.5 Å². The lowest BCUT2D eigenvalue weighted by Gasteiger charge is -2.15. The van der Waals surface area contributed by atoms with E-state index >= 15 is 0 Å². The van der Waals surface area contributed by atoms with Crippen LogP contribution >= 0.6 is 23.6 Å². The van der Waals surface area contributed by atoms with Crippen molar-refractivity contribution in [3.63, 3.8) is 0 Å². The van der Waals surface area contributed by atoms with Crippen molar-refractivity contribution >= 4 is 45.2 Å². The van der Waals surface area contributed by atoms with Crippen LogP contribution in [0.3, 0.4) is 0 Å². The van der Waals surface area contributed by atoms with E-state index in [9.17, 15) is 4.79 Å². The van der Waals surface area contributed by atoms with Gasteiger partial charge in [0, 0.05) is 11.3 Å². The van der Waals surface area contributed by atoms with Crippen LogP contribution in [0.2, 0.25) is 0 Å². The molecule has 0 fully saturated rings. The van der Waals surface area contributed by atoms with E-state index in [1.165, 1.54) is 25.6 Å². The van der Waals surface area contributed by atoms with Crippen LogP contribution in [-0.4, -0.2) is 45.1 Å². The molecule has 4 aromatic rings. The molecule has 32 heavy (non-hydrogen) atoms. The van der Waals surface area contributed by atoms with Gasteiger partial charge in [0.15, 0.2) is 10.9 Å². The third-order valence-electron chi connectivity index (χ3n) is 4.76. The number of fused-ring (bicyclic) bond motifs is 1. The third-order valence-corrected chi connectivity index (χ3v) is 5.91. The molecular formula is C21H20N6O3S2. The second-order valence-corrected chi connectivity index (χ2v) is 8.19. The molecule has 0 aliphatic heterocycles. The van der Waals surface area contributed by atoms with E-state index in [0.717, 1.165) is 32.6 Å². The van der Waals surface area contributed by atoms with Crippen LogP contribution in [0.15, 0.2) is 36.4 Å². The molecule has 0 aliphatic carbocycles. The van der Waals surface area contributed by atoms with Gasteiger partial charge in [-0.1, -0.05) is 29.5 Å². The first-order chi connectivity index (χ1) is 15.4. The summed E-state index contributed by atoms with van der Waals surface area (Å²) in [6.45, 7) is 3.80. The topological polar surface area (TPSA) is 103 Å². The van der Waals surface area contributed by atoms with E-state index in [1.807, 2.05) is 32.0 Å². The average Bonchev–Trinajstić information content (AvgIpc) is 3.36. The summed E-state index contributed by atoms with van der Waals surface area (Å²) in [6.07, 6.45) is 0. The summed E-state index contributed by atoms with van der Waals surface area (Å²) < 4.78 is 12.3. The maximum absolute atomic E-state index is 12.9. The van der Waals surface area contributed by atoms with Gasteiger partial charge >= 0.3 is 0 Å². The highest BCUT2D eigenvalue weighted by atomic mass is 32.1. The molecule has 2 aromatic heterocycles.